The first-order chi connectivity index (χ1) is 13.6. The molecule has 2 N–H and O–H groups in total. The number of para-hydroxylation sites is 1. The Bertz CT molecular complexity index is 980. The lowest BCUT2D eigenvalue weighted by atomic mass is 10.1. The van der Waals surface area contributed by atoms with E-state index in [1.54, 1.807) is 0 Å². The lowest BCUT2D eigenvalue weighted by Crippen LogP contribution is -2.31. The number of thioether (sulfide) groups is 2. The molecule has 1 saturated heterocycles. The second kappa shape index (κ2) is 8.53. The highest BCUT2D eigenvalue weighted by molar-refractivity contribution is 8.16. The second-order valence-corrected chi connectivity index (χ2v) is 9.68. The molecule has 1 unspecified atom stereocenters. The van der Waals surface area contributed by atoms with Crippen molar-refractivity contribution < 1.29 is 9.21 Å². The molecule has 4 nitrogen and oxygen atoms in total. The fourth-order valence-electron chi connectivity index (χ4n) is 3.48. The van der Waals surface area contributed by atoms with E-state index >= 15 is 0 Å². The maximum Gasteiger partial charge on any atom is 0.319 e. The third kappa shape index (κ3) is 4.18. The quantitative estimate of drug-likeness (QED) is 0.514. The molecule has 2 aromatic carbocycles. The van der Waals surface area contributed by atoms with Crippen molar-refractivity contribution in [3.05, 3.63) is 65.4 Å². The van der Waals surface area contributed by atoms with Crippen LogP contribution in [0.4, 0.5) is 10.5 Å². The first-order valence-corrected chi connectivity index (χ1v) is 11.6. The van der Waals surface area contributed by atoms with Crippen LogP contribution in [-0.4, -0.2) is 17.5 Å². The molecule has 0 bridgehead atoms. The SMILES string of the molecule is Cc1c(C(C)NC(=O)Nc2cccc(C3SCCCS3)c2)oc2ccccc12. The fourth-order valence-corrected chi connectivity index (χ4v) is 6.35. The van der Waals surface area contributed by atoms with Gasteiger partial charge in [-0.1, -0.05) is 30.3 Å². The van der Waals surface area contributed by atoms with Crippen LogP contribution in [0.25, 0.3) is 11.0 Å². The summed E-state index contributed by atoms with van der Waals surface area (Å²) in [4.78, 5) is 12.5. The fraction of sp³-hybridized carbons (Fsp3) is 0.318. The summed E-state index contributed by atoms with van der Waals surface area (Å²) >= 11 is 3.96. The van der Waals surface area contributed by atoms with E-state index in [4.69, 9.17) is 4.42 Å². The predicted molar refractivity (Wildman–Crippen MR) is 120 cm³/mol. The second-order valence-electron chi connectivity index (χ2n) is 6.96. The van der Waals surface area contributed by atoms with Crippen molar-refractivity contribution >= 4 is 46.2 Å². The maximum atomic E-state index is 12.5. The van der Waals surface area contributed by atoms with Gasteiger partial charge in [0.2, 0.25) is 0 Å². The number of benzene rings is 2. The van der Waals surface area contributed by atoms with Crippen molar-refractivity contribution in [2.24, 2.45) is 0 Å². The first kappa shape index (κ1) is 19.3. The number of nitrogens with one attached hydrogen (secondary N) is 2. The van der Waals surface area contributed by atoms with Crippen molar-refractivity contribution in [1.82, 2.24) is 5.32 Å². The number of carbonyl (C=O) groups is 1. The minimum atomic E-state index is -0.228. The molecule has 4 rings (SSSR count). The standard InChI is InChI=1S/C22H24N2O2S2/c1-14-18-9-3-4-10-19(18)26-20(14)15(2)23-22(25)24-17-8-5-7-16(13-17)21-27-11-6-12-28-21/h3-5,7-10,13,15,21H,6,11-12H2,1-2H3,(H2,23,24,25). The van der Waals surface area contributed by atoms with E-state index in [0.29, 0.717) is 4.58 Å². The molecular formula is C22H24N2O2S2. The number of amides is 2. The van der Waals surface area contributed by atoms with E-state index in [9.17, 15) is 4.79 Å². The maximum absolute atomic E-state index is 12.5. The normalized spacial score (nSPS) is 16.1. The van der Waals surface area contributed by atoms with Crippen LogP contribution >= 0.6 is 23.5 Å². The van der Waals surface area contributed by atoms with E-state index in [1.807, 2.05) is 73.8 Å². The molecule has 28 heavy (non-hydrogen) atoms. The van der Waals surface area contributed by atoms with Crippen LogP contribution in [-0.2, 0) is 0 Å². The summed E-state index contributed by atoms with van der Waals surface area (Å²) < 4.78 is 6.42. The Morgan fingerprint density at radius 3 is 2.71 bits per heavy atom. The van der Waals surface area contributed by atoms with E-state index in [2.05, 4.69) is 22.8 Å². The smallest absolute Gasteiger partial charge is 0.319 e. The van der Waals surface area contributed by atoms with Crippen LogP contribution in [0.5, 0.6) is 0 Å². The van der Waals surface area contributed by atoms with E-state index in [1.165, 1.54) is 23.5 Å². The number of carbonyl (C=O) groups excluding carboxylic acids is 1. The van der Waals surface area contributed by atoms with E-state index in [0.717, 1.165) is 28.0 Å². The molecule has 1 aliphatic rings. The number of furan rings is 1. The molecule has 1 aromatic heterocycles. The summed E-state index contributed by atoms with van der Waals surface area (Å²) in [6.45, 7) is 3.97. The van der Waals surface area contributed by atoms with Gasteiger partial charge >= 0.3 is 6.03 Å². The molecule has 1 fully saturated rings. The van der Waals surface area contributed by atoms with Crippen LogP contribution in [0.2, 0.25) is 0 Å². The minimum absolute atomic E-state index is 0.222. The lowest BCUT2D eigenvalue weighted by Gasteiger charge is -2.21. The van der Waals surface area contributed by atoms with Gasteiger partial charge in [-0.3, -0.25) is 0 Å². The van der Waals surface area contributed by atoms with Crippen LogP contribution in [0.1, 0.15) is 40.9 Å². The third-order valence-corrected chi connectivity index (χ3v) is 7.88. The van der Waals surface area contributed by atoms with Gasteiger partial charge in [0.1, 0.15) is 11.3 Å². The summed E-state index contributed by atoms with van der Waals surface area (Å²) in [5.74, 6) is 3.19. The Morgan fingerprint density at radius 2 is 1.93 bits per heavy atom. The number of anilines is 1. The molecule has 1 aliphatic heterocycles. The molecule has 2 heterocycles. The summed E-state index contributed by atoms with van der Waals surface area (Å²) in [6, 6.07) is 15.6. The Balaban J connectivity index is 1.43. The third-order valence-electron chi connectivity index (χ3n) is 4.87. The Morgan fingerprint density at radius 1 is 1.14 bits per heavy atom. The largest absolute Gasteiger partial charge is 0.459 e. The van der Waals surface area contributed by atoms with Gasteiger partial charge in [0, 0.05) is 16.6 Å². The van der Waals surface area contributed by atoms with Crippen LogP contribution in [0.15, 0.2) is 52.9 Å². The number of fused-ring (bicyclic) bond motifs is 1. The zero-order chi connectivity index (χ0) is 19.5. The molecule has 0 radical (unpaired) electrons. The average molecular weight is 413 g/mol. The van der Waals surface area contributed by atoms with Crippen molar-refractivity contribution in [3.63, 3.8) is 0 Å². The topological polar surface area (TPSA) is 54.3 Å². The zero-order valence-corrected chi connectivity index (χ0v) is 17.7. The van der Waals surface area contributed by atoms with Crippen molar-refractivity contribution in [1.29, 1.82) is 0 Å². The summed E-state index contributed by atoms with van der Waals surface area (Å²) in [5.41, 5.74) is 3.99. The molecule has 146 valence electrons. The van der Waals surface area contributed by atoms with Gasteiger partial charge in [-0.2, -0.15) is 0 Å². The molecule has 2 amide bonds. The van der Waals surface area contributed by atoms with Crippen LogP contribution < -0.4 is 10.6 Å². The van der Waals surface area contributed by atoms with E-state index < -0.39 is 0 Å². The zero-order valence-electron chi connectivity index (χ0n) is 16.0. The Hall–Kier alpha value is -2.05. The molecule has 3 aromatic rings. The lowest BCUT2D eigenvalue weighted by molar-refractivity contribution is 0.248. The predicted octanol–water partition coefficient (Wildman–Crippen LogP) is 6.49. The van der Waals surface area contributed by atoms with Gasteiger partial charge in [0.25, 0.3) is 0 Å². The van der Waals surface area contributed by atoms with Gasteiger partial charge in [0.05, 0.1) is 10.6 Å². The van der Waals surface area contributed by atoms with Gasteiger partial charge in [-0.15, -0.1) is 23.5 Å². The van der Waals surface area contributed by atoms with E-state index in [-0.39, 0.29) is 12.1 Å². The summed E-state index contributed by atoms with van der Waals surface area (Å²) in [6.07, 6.45) is 1.27. The monoisotopic (exact) mass is 412 g/mol. The Kier molecular flexibility index (Phi) is 5.87. The van der Waals surface area contributed by atoms with Crippen LogP contribution in [0, 0.1) is 6.92 Å². The summed E-state index contributed by atoms with van der Waals surface area (Å²) in [5, 5.41) is 7.04. The van der Waals surface area contributed by atoms with Crippen molar-refractivity contribution in [2.75, 3.05) is 16.8 Å². The summed E-state index contributed by atoms with van der Waals surface area (Å²) in [7, 11) is 0. The molecule has 0 spiro atoms. The number of hydrogen-bond donors (Lipinski definition) is 2. The molecule has 6 heteroatoms. The highest BCUT2D eigenvalue weighted by Crippen LogP contribution is 2.44. The molecule has 1 atom stereocenters. The van der Waals surface area contributed by atoms with Crippen molar-refractivity contribution in [2.45, 2.75) is 30.9 Å². The number of rotatable bonds is 4. The molecule has 0 aliphatic carbocycles. The first-order valence-electron chi connectivity index (χ1n) is 9.50. The van der Waals surface area contributed by atoms with Gasteiger partial charge < -0.3 is 15.1 Å². The molecule has 0 saturated carbocycles. The highest BCUT2D eigenvalue weighted by atomic mass is 32.2. The Labute approximate surface area is 173 Å². The van der Waals surface area contributed by atoms with Gasteiger partial charge in [-0.25, -0.2) is 4.79 Å². The van der Waals surface area contributed by atoms with Crippen molar-refractivity contribution in [3.8, 4) is 0 Å². The van der Waals surface area contributed by atoms with Crippen LogP contribution in [0.3, 0.4) is 0 Å². The number of urea groups is 1. The minimum Gasteiger partial charge on any atom is -0.459 e. The average Bonchev–Trinajstić information content (AvgIpc) is 3.06. The molecular weight excluding hydrogens is 388 g/mol. The highest BCUT2D eigenvalue weighted by Gasteiger charge is 2.19. The van der Waals surface area contributed by atoms with Gasteiger partial charge in [0.15, 0.2) is 0 Å². The number of hydrogen-bond acceptors (Lipinski definition) is 4. The number of aryl methyl sites for hydroxylation is 1. The van der Waals surface area contributed by atoms with Gasteiger partial charge in [-0.05, 0) is 55.5 Å².